The van der Waals surface area contributed by atoms with Crippen LogP contribution in [-0.2, 0) is 0 Å². The van der Waals surface area contributed by atoms with Gasteiger partial charge in [0.05, 0.1) is 7.11 Å². The molecule has 0 fully saturated rings. The number of halogens is 1. The number of methoxy groups -OCH3 is 1. The Kier molecular flexibility index (Phi) is 2.98. The van der Waals surface area contributed by atoms with Crippen LogP contribution in [0.15, 0.2) is 18.2 Å². The van der Waals surface area contributed by atoms with E-state index in [9.17, 15) is 4.39 Å². The first-order valence-electron chi connectivity index (χ1n) is 3.67. The van der Waals surface area contributed by atoms with Crippen LogP contribution in [0.2, 0.25) is 0 Å². The monoisotopic (exact) mass is 186 g/mol. The largest absolute Gasteiger partial charge is 0.494 e. The molecule has 0 saturated heterocycles. The predicted octanol–water partition coefficient (Wildman–Crippen LogP) is 2.83. The van der Waals surface area contributed by atoms with Crippen molar-refractivity contribution < 1.29 is 9.13 Å². The molecule has 0 N–H and O–H groups in total. The zero-order valence-electron chi connectivity index (χ0n) is 7.04. The molecule has 0 radical (unpaired) electrons. The van der Waals surface area contributed by atoms with E-state index in [1.165, 1.54) is 7.11 Å². The van der Waals surface area contributed by atoms with E-state index in [4.69, 9.17) is 4.74 Å². The van der Waals surface area contributed by atoms with E-state index >= 15 is 0 Å². The van der Waals surface area contributed by atoms with E-state index in [1.807, 2.05) is 6.92 Å². The van der Waals surface area contributed by atoms with E-state index in [2.05, 4.69) is 12.6 Å². The van der Waals surface area contributed by atoms with Crippen molar-refractivity contribution in [2.75, 3.05) is 7.11 Å². The molecule has 3 heteroatoms. The molecule has 1 unspecified atom stereocenters. The second-order valence-corrected chi connectivity index (χ2v) is 3.31. The number of rotatable bonds is 2. The van der Waals surface area contributed by atoms with Gasteiger partial charge in [-0.1, -0.05) is 12.1 Å². The maximum atomic E-state index is 13.3. The van der Waals surface area contributed by atoms with Crippen molar-refractivity contribution in [3.05, 3.63) is 29.6 Å². The molecule has 1 aromatic carbocycles. The summed E-state index contributed by atoms with van der Waals surface area (Å²) in [6.07, 6.45) is 0. The van der Waals surface area contributed by atoms with Gasteiger partial charge in [-0.3, -0.25) is 0 Å². The Balaban J connectivity index is 3.14. The molecule has 0 bridgehead atoms. The highest BCUT2D eigenvalue weighted by Crippen LogP contribution is 2.27. The highest BCUT2D eigenvalue weighted by Gasteiger charge is 2.10. The third-order valence-corrected chi connectivity index (χ3v) is 1.94. The Labute approximate surface area is 77.0 Å². The van der Waals surface area contributed by atoms with Crippen LogP contribution >= 0.6 is 12.6 Å². The van der Waals surface area contributed by atoms with E-state index in [0.717, 1.165) is 0 Å². The maximum Gasteiger partial charge on any atom is 0.169 e. The zero-order valence-corrected chi connectivity index (χ0v) is 7.94. The molecule has 1 aromatic rings. The highest BCUT2D eigenvalue weighted by molar-refractivity contribution is 7.80. The first kappa shape index (κ1) is 9.39. The number of ether oxygens (including phenoxy) is 1. The van der Waals surface area contributed by atoms with Crippen molar-refractivity contribution in [2.24, 2.45) is 0 Å². The highest BCUT2D eigenvalue weighted by atomic mass is 32.1. The first-order chi connectivity index (χ1) is 5.66. The Morgan fingerprint density at radius 1 is 1.50 bits per heavy atom. The smallest absolute Gasteiger partial charge is 0.169 e. The molecule has 0 aromatic heterocycles. The van der Waals surface area contributed by atoms with Gasteiger partial charge < -0.3 is 4.74 Å². The van der Waals surface area contributed by atoms with Gasteiger partial charge >= 0.3 is 0 Å². The summed E-state index contributed by atoms with van der Waals surface area (Å²) >= 11 is 4.15. The van der Waals surface area contributed by atoms with Crippen molar-refractivity contribution in [3.8, 4) is 5.75 Å². The fourth-order valence-electron chi connectivity index (χ4n) is 1.01. The average molecular weight is 186 g/mol. The molecule has 1 atom stereocenters. The van der Waals surface area contributed by atoms with Crippen LogP contribution in [-0.4, -0.2) is 7.11 Å². The summed E-state index contributed by atoms with van der Waals surface area (Å²) in [5.41, 5.74) is 0.567. The number of hydrogen-bond donors (Lipinski definition) is 1. The average Bonchev–Trinajstić information content (AvgIpc) is 2.04. The molecule has 1 rings (SSSR count). The summed E-state index contributed by atoms with van der Waals surface area (Å²) < 4.78 is 18.2. The fourth-order valence-corrected chi connectivity index (χ4v) is 1.21. The Morgan fingerprint density at radius 2 is 2.17 bits per heavy atom. The molecular weight excluding hydrogens is 175 g/mol. The minimum absolute atomic E-state index is 0.111. The number of hydrogen-bond acceptors (Lipinski definition) is 2. The normalized spacial score (nSPS) is 12.7. The second kappa shape index (κ2) is 3.81. The van der Waals surface area contributed by atoms with E-state index in [-0.39, 0.29) is 16.8 Å². The molecule has 66 valence electrons. The van der Waals surface area contributed by atoms with Crippen LogP contribution in [0.4, 0.5) is 4.39 Å². The van der Waals surface area contributed by atoms with Crippen LogP contribution in [0.3, 0.4) is 0 Å². The molecule has 0 spiro atoms. The third kappa shape index (κ3) is 1.72. The molecule has 12 heavy (non-hydrogen) atoms. The number of benzene rings is 1. The molecule has 0 amide bonds. The lowest BCUT2D eigenvalue weighted by molar-refractivity contribution is 0.384. The topological polar surface area (TPSA) is 9.23 Å². The second-order valence-electron chi connectivity index (χ2n) is 2.54. The molecule has 1 nitrogen and oxygen atoms in total. The summed E-state index contributed by atoms with van der Waals surface area (Å²) in [6.45, 7) is 1.82. The Hall–Kier alpha value is -0.700. The van der Waals surface area contributed by atoms with Crippen LogP contribution in [0.1, 0.15) is 17.7 Å². The van der Waals surface area contributed by atoms with Crippen LogP contribution in [0.5, 0.6) is 5.75 Å². The summed E-state index contributed by atoms with van der Waals surface area (Å²) in [6, 6.07) is 5.05. The van der Waals surface area contributed by atoms with Crippen molar-refractivity contribution >= 4 is 12.6 Å². The summed E-state index contributed by atoms with van der Waals surface area (Å²) in [5, 5.41) is -0.111. The third-order valence-electron chi connectivity index (χ3n) is 1.66. The van der Waals surface area contributed by atoms with E-state index in [1.54, 1.807) is 18.2 Å². The fraction of sp³-hybridized carbons (Fsp3) is 0.333. The minimum Gasteiger partial charge on any atom is -0.494 e. The molecule has 0 heterocycles. The molecule has 0 aliphatic carbocycles. The minimum atomic E-state index is -0.317. The van der Waals surface area contributed by atoms with E-state index < -0.39 is 0 Å². The zero-order chi connectivity index (χ0) is 9.14. The van der Waals surface area contributed by atoms with Gasteiger partial charge in [0.2, 0.25) is 0 Å². The van der Waals surface area contributed by atoms with Gasteiger partial charge in [0.1, 0.15) is 0 Å². The van der Waals surface area contributed by atoms with Gasteiger partial charge in [-0.2, -0.15) is 12.6 Å². The van der Waals surface area contributed by atoms with E-state index in [0.29, 0.717) is 5.56 Å². The van der Waals surface area contributed by atoms with Crippen molar-refractivity contribution in [1.29, 1.82) is 0 Å². The SMILES string of the molecule is COc1cccc(C(C)S)c1F. The summed E-state index contributed by atoms with van der Waals surface area (Å²) in [5.74, 6) is -0.0455. The molecule has 0 aliphatic heterocycles. The Morgan fingerprint density at radius 3 is 2.67 bits per heavy atom. The predicted molar refractivity (Wildman–Crippen MR) is 50.4 cm³/mol. The molecule has 0 saturated carbocycles. The standard InChI is InChI=1S/C9H11FOS/c1-6(12)7-4-3-5-8(11-2)9(7)10/h3-6,12H,1-2H3. The Bertz CT molecular complexity index is 273. The van der Waals surface area contributed by atoms with Gasteiger partial charge in [-0.05, 0) is 13.0 Å². The molecule has 0 aliphatic rings. The summed E-state index contributed by atoms with van der Waals surface area (Å²) in [7, 11) is 1.45. The first-order valence-corrected chi connectivity index (χ1v) is 4.19. The quantitative estimate of drug-likeness (QED) is 0.699. The lowest BCUT2D eigenvalue weighted by Crippen LogP contribution is -1.94. The van der Waals surface area contributed by atoms with Gasteiger partial charge in [0.25, 0.3) is 0 Å². The van der Waals surface area contributed by atoms with Crippen molar-refractivity contribution in [3.63, 3.8) is 0 Å². The van der Waals surface area contributed by atoms with Crippen LogP contribution in [0, 0.1) is 5.82 Å². The lowest BCUT2D eigenvalue weighted by atomic mass is 10.1. The lowest BCUT2D eigenvalue weighted by Gasteiger charge is -2.08. The number of thiol groups is 1. The van der Waals surface area contributed by atoms with Crippen LogP contribution < -0.4 is 4.74 Å². The van der Waals surface area contributed by atoms with Gasteiger partial charge in [-0.25, -0.2) is 4.39 Å². The van der Waals surface area contributed by atoms with Crippen molar-refractivity contribution in [2.45, 2.75) is 12.2 Å². The van der Waals surface area contributed by atoms with Crippen LogP contribution in [0.25, 0.3) is 0 Å². The maximum absolute atomic E-state index is 13.3. The van der Waals surface area contributed by atoms with Gasteiger partial charge in [0, 0.05) is 10.8 Å². The van der Waals surface area contributed by atoms with Gasteiger partial charge in [0.15, 0.2) is 11.6 Å². The molecular formula is C9H11FOS. The van der Waals surface area contributed by atoms with Gasteiger partial charge in [-0.15, -0.1) is 0 Å². The summed E-state index contributed by atoms with van der Waals surface area (Å²) in [4.78, 5) is 0. The van der Waals surface area contributed by atoms with Crippen molar-refractivity contribution in [1.82, 2.24) is 0 Å².